The summed E-state index contributed by atoms with van der Waals surface area (Å²) >= 11 is 0. The molecule has 0 saturated heterocycles. The number of carboxylic acids is 2. The lowest BCUT2D eigenvalue weighted by molar-refractivity contribution is -0.223. The Hall–Kier alpha value is -1.35. The lowest BCUT2D eigenvalue weighted by atomic mass is 9.94. The van der Waals surface area contributed by atoms with E-state index in [0.29, 0.717) is 0 Å². The molecule has 0 heterocycles. The maximum atomic E-state index is 12.0. The van der Waals surface area contributed by atoms with E-state index < -0.39 is 42.6 Å². The number of rotatable bonds is 5. The summed E-state index contributed by atoms with van der Waals surface area (Å²) in [6, 6.07) is -1.78. The van der Waals surface area contributed by atoms with Crippen LogP contribution in [-0.2, 0) is 9.59 Å². The lowest BCUT2D eigenvalue weighted by Crippen LogP contribution is -2.44. The van der Waals surface area contributed by atoms with Crippen LogP contribution < -0.4 is 5.73 Å². The van der Waals surface area contributed by atoms with E-state index in [1.165, 1.54) is 0 Å². The highest BCUT2D eigenvalue weighted by atomic mass is 19.4. The summed E-state index contributed by atoms with van der Waals surface area (Å²) in [5, 5.41) is 25.4. The molecule has 0 rings (SSSR count). The van der Waals surface area contributed by atoms with Crippen molar-refractivity contribution in [1.29, 1.82) is 0 Å². The van der Waals surface area contributed by atoms with Crippen LogP contribution in [0.4, 0.5) is 13.2 Å². The molecule has 0 aliphatic heterocycles. The van der Waals surface area contributed by atoms with E-state index in [2.05, 4.69) is 0 Å². The highest BCUT2D eigenvalue weighted by Crippen LogP contribution is 2.28. The normalized spacial score (nSPS) is 17.6. The van der Waals surface area contributed by atoms with Crippen LogP contribution in [0.2, 0.25) is 0 Å². The molecule has 0 spiro atoms. The van der Waals surface area contributed by atoms with E-state index in [9.17, 15) is 22.8 Å². The van der Waals surface area contributed by atoms with Crippen LogP contribution in [0.3, 0.4) is 0 Å². The SMILES string of the molecule is N[C@@H](C[C@@H](C(=O)O)[C@H](O)C(F)(F)F)C(=O)O. The molecule has 0 aromatic heterocycles. The van der Waals surface area contributed by atoms with Crippen molar-refractivity contribution in [3.05, 3.63) is 0 Å². The molecule has 0 aliphatic carbocycles. The van der Waals surface area contributed by atoms with Crippen molar-refractivity contribution in [1.82, 2.24) is 0 Å². The minimum absolute atomic E-state index is 1.01. The van der Waals surface area contributed by atoms with Gasteiger partial charge in [0.2, 0.25) is 0 Å². The van der Waals surface area contributed by atoms with Gasteiger partial charge in [-0.2, -0.15) is 13.2 Å². The van der Waals surface area contributed by atoms with Gasteiger partial charge in [0, 0.05) is 0 Å². The largest absolute Gasteiger partial charge is 0.481 e. The van der Waals surface area contributed by atoms with Crippen molar-refractivity contribution >= 4 is 11.9 Å². The van der Waals surface area contributed by atoms with Crippen LogP contribution in [0, 0.1) is 5.92 Å². The lowest BCUT2D eigenvalue weighted by Gasteiger charge is -2.22. The van der Waals surface area contributed by atoms with E-state index in [4.69, 9.17) is 21.1 Å². The molecule has 94 valence electrons. The maximum Gasteiger partial charge on any atom is 0.415 e. The van der Waals surface area contributed by atoms with Crippen molar-refractivity contribution in [2.24, 2.45) is 11.7 Å². The number of hydrogen-bond donors (Lipinski definition) is 4. The molecule has 0 fully saturated rings. The second kappa shape index (κ2) is 5.12. The molecule has 5 N–H and O–H groups in total. The highest BCUT2D eigenvalue weighted by molar-refractivity contribution is 5.76. The number of halogens is 3. The van der Waals surface area contributed by atoms with Gasteiger partial charge in [0.05, 0.1) is 5.92 Å². The smallest absolute Gasteiger partial charge is 0.415 e. The minimum Gasteiger partial charge on any atom is -0.481 e. The van der Waals surface area contributed by atoms with Crippen LogP contribution in [0.15, 0.2) is 0 Å². The zero-order valence-corrected chi connectivity index (χ0v) is 7.81. The van der Waals surface area contributed by atoms with Gasteiger partial charge in [-0.05, 0) is 6.42 Å². The van der Waals surface area contributed by atoms with Crippen LogP contribution in [0.5, 0.6) is 0 Å². The number of alkyl halides is 3. The monoisotopic (exact) mass is 245 g/mol. The number of hydrogen-bond acceptors (Lipinski definition) is 4. The van der Waals surface area contributed by atoms with Gasteiger partial charge < -0.3 is 21.1 Å². The van der Waals surface area contributed by atoms with Crippen molar-refractivity contribution in [3.8, 4) is 0 Å². The molecule has 0 bridgehead atoms. The quantitative estimate of drug-likeness (QED) is 0.513. The fourth-order valence-corrected chi connectivity index (χ4v) is 0.967. The Morgan fingerprint density at radius 2 is 1.62 bits per heavy atom. The zero-order valence-electron chi connectivity index (χ0n) is 7.81. The maximum absolute atomic E-state index is 12.0. The second-order valence-corrected chi connectivity index (χ2v) is 3.11. The van der Waals surface area contributed by atoms with E-state index in [0.717, 1.165) is 0 Å². The number of aliphatic hydroxyl groups excluding tert-OH is 1. The Bertz CT molecular complexity index is 280. The molecule has 9 heteroatoms. The average molecular weight is 245 g/mol. The Morgan fingerprint density at radius 3 is 1.88 bits per heavy atom. The first-order valence-electron chi connectivity index (χ1n) is 4.03. The first kappa shape index (κ1) is 14.6. The summed E-state index contributed by atoms with van der Waals surface area (Å²) < 4.78 is 36.0. The van der Waals surface area contributed by atoms with E-state index >= 15 is 0 Å². The van der Waals surface area contributed by atoms with Crippen LogP contribution in [0.1, 0.15) is 6.42 Å². The third-order valence-corrected chi connectivity index (χ3v) is 1.86. The van der Waals surface area contributed by atoms with Crippen LogP contribution in [0.25, 0.3) is 0 Å². The van der Waals surface area contributed by atoms with Crippen LogP contribution >= 0.6 is 0 Å². The van der Waals surface area contributed by atoms with Crippen LogP contribution in [-0.4, -0.2) is 45.6 Å². The summed E-state index contributed by atoms with van der Waals surface area (Å²) in [6.07, 6.45) is -9.29. The third kappa shape index (κ3) is 4.03. The van der Waals surface area contributed by atoms with Crippen molar-refractivity contribution in [3.63, 3.8) is 0 Å². The molecule has 0 aromatic rings. The van der Waals surface area contributed by atoms with Gasteiger partial charge in [-0.15, -0.1) is 0 Å². The van der Waals surface area contributed by atoms with Gasteiger partial charge in [-0.25, -0.2) is 0 Å². The summed E-state index contributed by atoms with van der Waals surface area (Å²) in [5.41, 5.74) is 4.89. The predicted molar refractivity (Wildman–Crippen MR) is 43.4 cm³/mol. The summed E-state index contributed by atoms with van der Waals surface area (Å²) in [6.45, 7) is 0. The van der Waals surface area contributed by atoms with Crippen molar-refractivity contribution in [2.45, 2.75) is 24.7 Å². The molecule has 16 heavy (non-hydrogen) atoms. The first-order valence-corrected chi connectivity index (χ1v) is 4.03. The predicted octanol–water partition coefficient (Wildman–Crippen LogP) is -0.588. The fraction of sp³-hybridized carbons (Fsp3) is 0.714. The fourth-order valence-electron chi connectivity index (χ4n) is 0.967. The van der Waals surface area contributed by atoms with E-state index in [1.807, 2.05) is 0 Å². The molecule has 0 aliphatic rings. The van der Waals surface area contributed by atoms with Gasteiger partial charge >= 0.3 is 18.1 Å². The van der Waals surface area contributed by atoms with E-state index in [1.54, 1.807) is 0 Å². The molecular formula is C7H10F3NO5. The number of aliphatic carboxylic acids is 2. The Morgan fingerprint density at radius 1 is 1.19 bits per heavy atom. The number of nitrogens with two attached hydrogens (primary N) is 1. The minimum atomic E-state index is -5.14. The number of carbonyl (C=O) groups is 2. The van der Waals surface area contributed by atoms with Crippen molar-refractivity contribution in [2.75, 3.05) is 0 Å². The molecule has 0 saturated carbocycles. The number of carboxylic acid groups (broad SMARTS) is 2. The summed E-state index contributed by atoms with van der Waals surface area (Å²) in [4.78, 5) is 20.7. The molecular weight excluding hydrogens is 235 g/mol. The first-order chi connectivity index (χ1) is 7.07. The standard InChI is InChI=1S/C7H10F3NO5/c8-7(9,10)4(12)2(5(13)14)1-3(11)6(15)16/h2-4,12H,1,11H2,(H,13,14)(H,15,16)/t2-,3+,4+/m1/s1. The van der Waals surface area contributed by atoms with Gasteiger partial charge in [0.15, 0.2) is 6.10 Å². The third-order valence-electron chi connectivity index (χ3n) is 1.86. The average Bonchev–Trinajstić information content (AvgIpc) is 2.10. The topological polar surface area (TPSA) is 121 Å². The molecule has 0 aromatic carbocycles. The van der Waals surface area contributed by atoms with Gasteiger partial charge in [0.1, 0.15) is 6.04 Å². The molecule has 0 amide bonds. The molecule has 3 atom stereocenters. The van der Waals surface area contributed by atoms with Gasteiger partial charge in [-0.3, -0.25) is 9.59 Å². The highest BCUT2D eigenvalue weighted by Gasteiger charge is 2.47. The van der Waals surface area contributed by atoms with Gasteiger partial charge in [-0.1, -0.05) is 0 Å². The van der Waals surface area contributed by atoms with E-state index in [-0.39, 0.29) is 0 Å². The summed E-state index contributed by atoms with van der Waals surface area (Å²) in [7, 11) is 0. The Kier molecular flexibility index (Phi) is 4.69. The number of aliphatic hydroxyl groups is 1. The summed E-state index contributed by atoms with van der Waals surface area (Å²) in [5.74, 6) is -5.90. The Labute approximate surface area is 87.5 Å². The zero-order chi connectivity index (χ0) is 13.1. The Balaban J connectivity index is 4.76. The van der Waals surface area contributed by atoms with Gasteiger partial charge in [0.25, 0.3) is 0 Å². The molecule has 0 radical (unpaired) electrons. The molecule has 0 unspecified atom stereocenters. The molecule has 6 nitrogen and oxygen atoms in total. The second-order valence-electron chi connectivity index (χ2n) is 3.11. The van der Waals surface area contributed by atoms with Crippen molar-refractivity contribution < 1.29 is 38.1 Å².